The minimum Gasteiger partial charge on any atom is -0.338 e. The molecule has 102 valence electrons. The summed E-state index contributed by atoms with van der Waals surface area (Å²) in [5, 5.41) is 3.37. The average Bonchev–Trinajstić information content (AvgIpc) is 2.86. The zero-order chi connectivity index (χ0) is 13.2. The molecule has 19 heavy (non-hydrogen) atoms. The van der Waals surface area contributed by atoms with E-state index in [0.29, 0.717) is 18.4 Å². The fourth-order valence-corrected chi connectivity index (χ4v) is 3.30. The third-order valence-corrected chi connectivity index (χ3v) is 4.24. The first-order valence-corrected chi connectivity index (χ1v) is 6.98. The molecule has 0 aromatic heterocycles. The van der Waals surface area contributed by atoms with Crippen molar-refractivity contribution in [2.24, 2.45) is 5.92 Å². The molecule has 2 aliphatic rings. The van der Waals surface area contributed by atoms with Gasteiger partial charge in [-0.15, -0.1) is 0 Å². The fraction of sp³-hybridized carbons (Fsp3) is 0.533. The molecule has 2 heterocycles. The summed E-state index contributed by atoms with van der Waals surface area (Å²) >= 11 is 0. The Morgan fingerprint density at radius 3 is 3.16 bits per heavy atom. The molecule has 1 amide bonds. The van der Waals surface area contributed by atoms with Gasteiger partial charge in [0.25, 0.3) is 0 Å². The molecule has 2 saturated heterocycles. The zero-order valence-electron chi connectivity index (χ0n) is 10.9. The number of halogens is 1. The monoisotopic (exact) mass is 262 g/mol. The van der Waals surface area contributed by atoms with Gasteiger partial charge in [0.15, 0.2) is 0 Å². The molecular weight excluding hydrogens is 243 g/mol. The number of piperidine rings is 1. The minimum atomic E-state index is -0.274. The summed E-state index contributed by atoms with van der Waals surface area (Å²) in [6.45, 7) is 2.77. The summed E-state index contributed by atoms with van der Waals surface area (Å²) in [6.07, 6.45) is 2.60. The van der Waals surface area contributed by atoms with Crippen LogP contribution in [0.15, 0.2) is 24.3 Å². The molecule has 1 N–H and O–H groups in total. The fourth-order valence-electron chi connectivity index (χ4n) is 3.30. The largest absolute Gasteiger partial charge is 0.338 e. The lowest BCUT2D eigenvalue weighted by Crippen LogP contribution is -2.48. The Bertz CT molecular complexity index is 477. The number of nitrogens with one attached hydrogen (secondary N) is 1. The molecule has 3 nitrogen and oxygen atoms in total. The van der Waals surface area contributed by atoms with Crippen LogP contribution in [-0.4, -0.2) is 36.5 Å². The molecular formula is C15H19FN2O. The summed E-state index contributed by atoms with van der Waals surface area (Å²) in [7, 11) is 0. The number of nitrogens with zero attached hydrogens (tertiary/aromatic N) is 1. The predicted octanol–water partition coefficient (Wildman–Crippen LogP) is 1.58. The number of carbonyl (C=O) groups excluding carboxylic acids is 1. The minimum absolute atomic E-state index is 0.129. The van der Waals surface area contributed by atoms with Crippen LogP contribution in [0, 0.1) is 11.7 Å². The predicted molar refractivity (Wildman–Crippen MR) is 71.2 cm³/mol. The van der Waals surface area contributed by atoms with E-state index in [1.807, 2.05) is 11.0 Å². The van der Waals surface area contributed by atoms with E-state index in [0.717, 1.165) is 31.6 Å². The van der Waals surface area contributed by atoms with Gasteiger partial charge < -0.3 is 10.2 Å². The molecule has 2 atom stereocenters. The van der Waals surface area contributed by atoms with Crippen LogP contribution in [0.3, 0.4) is 0 Å². The topological polar surface area (TPSA) is 32.3 Å². The lowest BCUT2D eigenvalue weighted by atomic mass is 9.91. The van der Waals surface area contributed by atoms with Crippen LogP contribution in [0.1, 0.15) is 18.4 Å². The van der Waals surface area contributed by atoms with Crippen molar-refractivity contribution in [2.75, 3.05) is 19.6 Å². The lowest BCUT2D eigenvalue weighted by Gasteiger charge is -2.37. The van der Waals surface area contributed by atoms with Crippen LogP contribution in [0.5, 0.6) is 0 Å². The number of carbonyl (C=O) groups is 1. The second-order valence-corrected chi connectivity index (χ2v) is 5.52. The molecule has 4 heteroatoms. The Hall–Kier alpha value is -1.42. The molecule has 0 aliphatic carbocycles. The third kappa shape index (κ3) is 2.63. The normalized spacial score (nSPS) is 26.3. The van der Waals surface area contributed by atoms with Crippen molar-refractivity contribution in [1.82, 2.24) is 10.2 Å². The Morgan fingerprint density at radius 2 is 2.32 bits per heavy atom. The van der Waals surface area contributed by atoms with Gasteiger partial charge in [0.05, 0.1) is 6.42 Å². The highest BCUT2D eigenvalue weighted by atomic mass is 19.1. The Labute approximate surface area is 112 Å². The maximum atomic E-state index is 13.1. The van der Waals surface area contributed by atoms with Gasteiger partial charge in [-0.3, -0.25) is 4.79 Å². The zero-order valence-corrected chi connectivity index (χ0v) is 10.9. The van der Waals surface area contributed by atoms with Crippen molar-refractivity contribution in [3.05, 3.63) is 35.6 Å². The SMILES string of the molecule is O=C(Cc1cccc(F)c1)N1CCCC2CNCC21. The van der Waals surface area contributed by atoms with Gasteiger partial charge in [-0.05, 0) is 36.5 Å². The smallest absolute Gasteiger partial charge is 0.227 e. The highest BCUT2D eigenvalue weighted by molar-refractivity contribution is 5.79. The quantitative estimate of drug-likeness (QED) is 0.877. The lowest BCUT2D eigenvalue weighted by molar-refractivity contribution is -0.134. The second-order valence-electron chi connectivity index (χ2n) is 5.52. The molecule has 0 bridgehead atoms. The van der Waals surface area contributed by atoms with E-state index in [1.165, 1.54) is 18.6 Å². The van der Waals surface area contributed by atoms with Crippen molar-refractivity contribution < 1.29 is 9.18 Å². The highest BCUT2D eigenvalue weighted by Crippen LogP contribution is 2.26. The highest BCUT2D eigenvalue weighted by Gasteiger charge is 2.36. The number of hydrogen-bond donors (Lipinski definition) is 1. The van der Waals surface area contributed by atoms with Crippen LogP contribution in [0.2, 0.25) is 0 Å². The van der Waals surface area contributed by atoms with Gasteiger partial charge in [-0.2, -0.15) is 0 Å². The van der Waals surface area contributed by atoms with Crippen molar-refractivity contribution in [3.8, 4) is 0 Å². The number of benzene rings is 1. The molecule has 1 aromatic carbocycles. The van der Waals surface area contributed by atoms with E-state index in [1.54, 1.807) is 6.07 Å². The summed E-state index contributed by atoms with van der Waals surface area (Å²) < 4.78 is 13.1. The Kier molecular flexibility index (Phi) is 3.51. The van der Waals surface area contributed by atoms with Crippen LogP contribution >= 0.6 is 0 Å². The van der Waals surface area contributed by atoms with Gasteiger partial charge in [0.1, 0.15) is 5.82 Å². The average molecular weight is 262 g/mol. The van der Waals surface area contributed by atoms with E-state index in [9.17, 15) is 9.18 Å². The maximum absolute atomic E-state index is 13.1. The van der Waals surface area contributed by atoms with Gasteiger partial charge in [0, 0.05) is 25.7 Å². The number of rotatable bonds is 2. The Morgan fingerprint density at radius 1 is 1.42 bits per heavy atom. The van der Waals surface area contributed by atoms with E-state index < -0.39 is 0 Å². The number of amides is 1. The molecule has 0 saturated carbocycles. The molecule has 2 aliphatic heterocycles. The summed E-state index contributed by atoms with van der Waals surface area (Å²) in [5.74, 6) is 0.457. The third-order valence-electron chi connectivity index (χ3n) is 4.24. The molecule has 3 rings (SSSR count). The van der Waals surface area contributed by atoms with Gasteiger partial charge in [-0.1, -0.05) is 12.1 Å². The number of fused-ring (bicyclic) bond motifs is 1. The van der Waals surface area contributed by atoms with Crippen molar-refractivity contribution in [1.29, 1.82) is 0 Å². The molecule has 2 unspecified atom stereocenters. The molecule has 0 radical (unpaired) electrons. The maximum Gasteiger partial charge on any atom is 0.227 e. The molecule has 2 fully saturated rings. The van der Waals surface area contributed by atoms with Crippen molar-refractivity contribution in [3.63, 3.8) is 0 Å². The second kappa shape index (κ2) is 5.29. The van der Waals surface area contributed by atoms with Crippen molar-refractivity contribution >= 4 is 5.91 Å². The van der Waals surface area contributed by atoms with Crippen LogP contribution in [0.25, 0.3) is 0 Å². The van der Waals surface area contributed by atoms with Gasteiger partial charge in [-0.25, -0.2) is 4.39 Å². The van der Waals surface area contributed by atoms with Crippen LogP contribution in [-0.2, 0) is 11.2 Å². The summed E-state index contributed by atoms with van der Waals surface area (Å²) in [6, 6.07) is 6.68. The molecule has 0 spiro atoms. The van der Waals surface area contributed by atoms with E-state index in [-0.39, 0.29) is 11.7 Å². The number of likely N-dealkylation sites (tertiary alicyclic amines) is 1. The van der Waals surface area contributed by atoms with E-state index in [4.69, 9.17) is 0 Å². The number of hydrogen-bond acceptors (Lipinski definition) is 2. The van der Waals surface area contributed by atoms with Crippen LogP contribution in [0.4, 0.5) is 4.39 Å². The van der Waals surface area contributed by atoms with Gasteiger partial charge in [0.2, 0.25) is 5.91 Å². The van der Waals surface area contributed by atoms with E-state index >= 15 is 0 Å². The first-order valence-electron chi connectivity index (χ1n) is 6.98. The standard InChI is InChI=1S/C15H19FN2O/c16-13-5-1-3-11(7-13)8-15(19)18-6-2-4-12-9-17-10-14(12)18/h1,3,5,7,12,14,17H,2,4,6,8-10H2. The molecule has 1 aromatic rings. The summed E-state index contributed by atoms with van der Waals surface area (Å²) in [4.78, 5) is 14.4. The van der Waals surface area contributed by atoms with Gasteiger partial charge >= 0.3 is 0 Å². The first-order chi connectivity index (χ1) is 9.24. The van der Waals surface area contributed by atoms with E-state index in [2.05, 4.69) is 5.32 Å². The van der Waals surface area contributed by atoms with Crippen LogP contribution < -0.4 is 5.32 Å². The summed E-state index contributed by atoms with van der Waals surface area (Å²) in [5.41, 5.74) is 0.762. The van der Waals surface area contributed by atoms with Crippen molar-refractivity contribution in [2.45, 2.75) is 25.3 Å². The first kappa shape index (κ1) is 12.6. The Balaban J connectivity index is 1.69.